The van der Waals surface area contributed by atoms with Gasteiger partial charge in [-0.25, -0.2) is 36.3 Å². The first-order chi connectivity index (χ1) is 24.2. The summed E-state index contributed by atoms with van der Waals surface area (Å²) in [5, 5.41) is 11.9. The smallest absolute Gasteiger partial charge is 0.337 e. The van der Waals surface area contributed by atoms with Gasteiger partial charge in [0, 0.05) is 32.9 Å². The molecular formula is C34H27F2N7O7S. The first kappa shape index (κ1) is 34.4. The summed E-state index contributed by atoms with van der Waals surface area (Å²) in [6.07, 6.45) is 4.23. The highest BCUT2D eigenvalue weighted by molar-refractivity contribution is 7.92. The van der Waals surface area contributed by atoms with Crippen molar-refractivity contribution < 1.29 is 31.9 Å². The van der Waals surface area contributed by atoms with E-state index in [0.29, 0.717) is 23.3 Å². The fourth-order valence-electron chi connectivity index (χ4n) is 5.45. The van der Waals surface area contributed by atoms with Gasteiger partial charge < -0.3 is 15.0 Å². The lowest BCUT2D eigenvalue weighted by molar-refractivity contribution is -0.139. The SMILES string of the molecule is Cn1cnc2c1c(=O)n(-c1ccc(C[C@H](NC(=O)c3c(F)cc(NS(=O)(=O)c4ccc(-c5ccncc5)cc4)cc3F)C(=O)O)cc1)c(=O)n2C. The fourth-order valence-corrected chi connectivity index (χ4v) is 6.49. The number of hydrogen-bond acceptors (Lipinski definition) is 8. The number of aromatic nitrogens is 5. The number of imidazole rings is 1. The van der Waals surface area contributed by atoms with E-state index in [1.165, 1.54) is 58.9 Å². The van der Waals surface area contributed by atoms with Crippen LogP contribution < -0.4 is 21.3 Å². The van der Waals surface area contributed by atoms with Crippen LogP contribution in [0.25, 0.3) is 28.0 Å². The molecule has 0 aliphatic heterocycles. The summed E-state index contributed by atoms with van der Waals surface area (Å²) < 4.78 is 61.8. The van der Waals surface area contributed by atoms with Crippen molar-refractivity contribution in [1.82, 2.24) is 29.0 Å². The number of carboxylic acids is 1. The van der Waals surface area contributed by atoms with Gasteiger partial charge in [0.25, 0.3) is 21.5 Å². The number of aliphatic carboxylic acids is 1. The molecule has 0 saturated carbocycles. The lowest BCUT2D eigenvalue weighted by atomic mass is 10.0. The third kappa shape index (κ3) is 6.73. The Balaban J connectivity index is 1.17. The van der Waals surface area contributed by atoms with Crippen LogP contribution in [0.4, 0.5) is 14.5 Å². The fraction of sp³-hybridized carbons (Fsp3) is 0.118. The number of carbonyl (C=O) groups is 2. The number of carboxylic acid groups (broad SMARTS) is 1. The zero-order valence-corrected chi connectivity index (χ0v) is 27.6. The molecular weight excluding hydrogens is 688 g/mol. The molecule has 0 spiro atoms. The molecule has 0 unspecified atom stereocenters. The molecule has 0 fully saturated rings. The van der Waals surface area contributed by atoms with Crippen molar-refractivity contribution in [2.45, 2.75) is 17.4 Å². The molecule has 3 heterocycles. The molecule has 0 bridgehead atoms. The van der Waals surface area contributed by atoms with E-state index in [1.54, 1.807) is 43.7 Å². The van der Waals surface area contributed by atoms with Crippen LogP contribution >= 0.6 is 0 Å². The number of benzene rings is 3. The second kappa shape index (κ2) is 13.4. The number of halogens is 2. The molecule has 3 aromatic heterocycles. The maximum Gasteiger partial charge on any atom is 0.337 e. The van der Waals surface area contributed by atoms with E-state index in [1.807, 2.05) is 0 Å². The number of anilines is 1. The number of hydrogen-bond donors (Lipinski definition) is 3. The summed E-state index contributed by atoms with van der Waals surface area (Å²) in [6, 6.07) is 14.5. The Morgan fingerprint density at radius 1 is 0.902 bits per heavy atom. The summed E-state index contributed by atoms with van der Waals surface area (Å²) in [4.78, 5) is 58.9. The Bertz CT molecular complexity index is 2530. The van der Waals surface area contributed by atoms with Crippen molar-refractivity contribution in [3.8, 4) is 16.8 Å². The standard InChI is InChI=1S/C34H27F2N7O7S/c1-41-18-38-30-29(41)32(45)43(34(48)42(30)2)23-7-3-19(4-8-23)15-27(33(46)47)39-31(44)28-25(35)16-22(17-26(28)36)40-51(49,50)24-9-5-20(6-10-24)21-11-13-37-14-12-21/h3-14,16-18,27,40H,15H2,1-2H3,(H,39,44)(H,46,47)/t27-/m0/s1. The average molecular weight is 716 g/mol. The maximum absolute atomic E-state index is 15.1. The first-order valence-corrected chi connectivity index (χ1v) is 16.5. The minimum atomic E-state index is -4.30. The molecule has 6 aromatic rings. The van der Waals surface area contributed by atoms with Crippen molar-refractivity contribution in [2.24, 2.45) is 14.1 Å². The first-order valence-electron chi connectivity index (χ1n) is 15.0. The lowest BCUT2D eigenvalue weighted by Gasteiger charge is -2.16. The molecule has 3 aromatic carbocycles. The van der Waals surface area contributed by atoms with E-state index in [-0.39, 0.29) is 28.2 Å². The number of aryl methyl sites for hydroxylation is 2. The summed E-state index contributed by atoms with van der Waals surface area (Å²) in [5.41, 5.74) is -0.481. The third-order valence-electron chi connectivity index (χ3n) is 8.06. The second-order valence-corrected chi connectivity index (χ2v) is 13.1. The van der Waals surface area contributed by atoms with E-state index >= 15 is 8.78 Å². The Hall–Kier alpha value is -6.49. The molecule has 0 saturated heterocycles. The van der Waals surface area contributed by atoms with E-state index in [9.17, 15) is 32.7 Å². The minimum absolute atomic E-state index is 0.185. The number of amides is 1. The van der Waals surface area contributed by atoms with Gasteiger partial charge in [0.1, 0.15) is 23.2 Å². The van der Waals surface area contributed by atoms with Crippen LogP contribution in [0.1, 0.15) is 15.9 Å². The largest absolute Gasteiger partial charge is 0.480 e. The van der Waals surface area contributed by atoms with Gasteiger partial charge in [-0.05, 0) is 65.2 Å². The third-order valence-corrected chi connectivity index (χ3v) is 9.45. The van der Waals surface area contributed by atoms with E-state index in [2.05, 4.69) is 20.0 Å². The molecule has 0 aliphatic carbocycles. The van der Waals surface area contributed by atoms with Gasteiger partial charge in [0.15, 0.2) is 11.2 Å². The maximum atomic E-state index is 15.1. The van der Waals surface area contributed by atoms with Gasteiger partial charge in [0.05, 0.1) is 22.6 Å². The normalized spacial score (nSPS) is 12.1. The topological polar surface area (TPSA) is 187 Å². The Labute approximate surface area is 287 Å². The summed E-state index contributed by atoms with van der Waals surface area (Å²) in [7, 11) is -1.23. The highest BCUT2D eigenvalue weighted by Gasteiger charge is 2.27. The van der Waals surface area contributed by atoms with Crippen LogP contribution in [-0.4, -0.2) is 55.1 Å². The summed E-state index contributed by atoms with van der Waals surface area (Å²) in [5.74, 6) is -5.79. The zero-order chi connectivity index (χ0) is 36.6. The molecule has 1 amide bonds. The van der Waals surface area contributed by atoms with Crippen LogP contribution in [-0.2, 0) is 35.3 Å². The van der Waals surface area contributed by atoms with Crippen molar-refractivity contribution in [1.29, 1.82) is 0 Å². The van der Waals surface area contributed by atoms with Crippen LogP contribution in [0.3, 0.4) is 0 Å². The van der Waals surface area contributed by atoms with Crippen molar-refractivity contribution in [2.75, 3.05) is 4.72 Å². The molecule has 51 heavy (non-hydrogen) atoms. The minimum Gasteiger partial charge on any atom is -0.480 e. The second-order valence-electron chi connectivity index (χ2n) is 11.4. The lowest BCUT2D eigenvalue weighted by Crippen LogP contribution is -2.43. The number of carbonyl (C=O) groups excluding carboxylic acids is 1. The van der Waals surface area contributed by atoms with Crippen LogP contribution in [0, 0.1) is 11.6 Å². The van der Waals surface area contributed by atoms with Crippen molar-refractivity contribution in [3.63, 3.8) is 0 Å². The van der Waals surface area contributed by atoms with E-state index in [4.69, 9.17) is 0 Å². The van der Waals surface area contributed by atoms with Gasteiger partial charge in [-0.1, -0.05) is 24.3 Å². The van der Waals surface area contributed by atoms with E-state index < -0.39 is 62.1 Å². The Kier molecular flexibility index (Phi) is 9.05. The number of nitrogens with zero attached hydrogens (tertiary/aromatic N) is 5. The molecule has 0 radical (unpaired) electrons. The predicted octanol–water partition coefficient (Wildman–Crippen LogP) is 2.99. The molecule has 260 valence electrons. The van der Waals surface area contributed by atoms with E-state index in [0.717, 1.165) is 10.1 Å². The molecule has 17 heteroatoms. The monoisotopic (exact) mass is 715 g/mol. The summed E-state index contributed by atoms with van der Waals surface area (Å²) >= 11 is 0. The highest BCUT2D eigenvalue weighted by atomic mass is 32.2. The Morgan fingerprint density at radius 3 is 2.12 bits per heavy atom. The zero-order valence-electron chi connectivity index (χ0n) is 26.7. The van der Waals surface area contributed by atoms with Gasteiger partial charge in [0.2, 0.25) is 0 Å². The molecule has 14 nitrogen and oxygen atoms in total. The van der Waals surface area contributed by atoms with Crippen molar-refractivity contribution >= 4 is 38.8 Å². The van der Waals surface area contributed by atoms with Crippen LogP contribution in [0.5, 0.6) is 0 Å². The van der Waals surface area contributed by atoms with Crippen molar-refractivity contribution in [3.05, 3.63) is 135 Å². The Morgan fingerprint density at radius 2 is 1.51 bits per heavy atom. The summed E-state index contributed by atoms with van der Waals surface area (Å²) in [6.45, 7) is 0. The van der Waals surface area contributed by atoms with Gasteiger partial charge >= 0.3 is 11.7 Å². The van der Waals surface area contributed by atoms with Gasteiger partial charge in [-0.3, -0.25) is 23.9 Å². The van der Waals surface area contributed by atoms with Crippen LogP contribution in [0.2, 0.25) is 0 Å². The molecule has 6 rings (SSSR count). The van der Waals surface area contributed by atoms with Gasteiger partial charge in [-0.15, -0.1) is 0 Å². The number of rotatable bonds is 10. The predicted molar refractivity (Wildman–Crippen MR) is 181 cm³/mol. The molecule has 3 N–H and O–H groups in total. The average Bonchev–Trinajstić information content (AvgIpc) is 3.49. The number of nitrogens with one attached hydrogen (secondary N) is 2. The van der Waals surface area contributed by atoms with Crippen LogP contribution in [0.15, 0.2) is 106 Å². The number of sulfonamides is 1. The molecule has 1 atom stereocenters. The highest BCUT2D eigenvalue weighted by Crippen LogP contribution is 2.25. The number of fused-ring (bicyclic) bond motifs is 1. The quantitative estimate of drug-likeness (QED) is 0.192. The van der Waals surface area contributed by atoms with Gasteiger partial charge in [-0.2, -0.15) is 0 Å². The number of pyridine rings is 1. The molecule has 0 aliphatic rings.